The Morgan fingerprint density at radius 3 is 2.07 bits per heavy atom. The van der Waals surface area contributed by atoms with Gasteiger partial charge in [0, 0.05) is 5.69 Å². The number of benzene rings is 1. The van der Waals surface area contributed by atoms with E-state index in [-0.39, 0.29) is 5.69 Å². The standard InChI is InChI=1S/C22H32F3NO2/c1-4-6-7-8-9-10-11-12-13-18(5-2)26(21(27)22(23,24)25)19-14-16-20(28-3)17-15-19/h5,14-18H,2,4,6-13H2,1,3H3/t18-/m1/s1. The molecule has 1 amide bonds. The summed E-state index contributed by atoms with van der Waals surface area (Å²) in [6.45, 7) is 5.84. The van der Waals surface area contributed by atoms with Crippen molar-refractivity contribution in [2.75, 3.05) is 12.0 Å². The summed E-state index contributed by atoms with van der Waals surface area (Å²) in [7, 11) is 1.47. The lowest BCUT2D eigenvalue weighted by atomic mass is 10.0. The summed E-state index contributed by atoms with van der Waals surface area (Å²) in [5, 5.41) is 0. The molecule has 1 atom stereocenters. The minimum atomic E-state index is -4.94. The molecular formula is C22H32F3NO2. The highest BCUT2D eigenvalue weighted by atomic mass is 19.4. The second-order valence-corrected chi connectivity index (χ2v) is 6.94. The topological polar surface area (TPSA) is 29.5 Å². The van der Waals surface area contributed by atoms with E-state index in [0.717, 1.165) is 30.6 Å². The number of halogens is 3. The van der Waals surface area contributed by atoms with Crippen LogP contribution in [0.4, 0.5) is 18.9 Å². The number of anilines is 1. The zero-order valence-corrected chi connectivity index (χ0v) is 16.9. The fourth-order valence-electron chi connectivity index (χ4n) is 3.18. The van der Waals surface area contributed by atoms with Gasteiger partial charge in [0.05, 0.1) is 13.2 Å². The summed E-state index contributed by atoms with van der Waals surface area (Å²) in [6.07, 6.45) is 5.70. The number of alkyl halides is 3. The molecule has 0 radical (unpaired) electrons. The predicted molar refractivity (Wildman–Crippen MR) is 108 cm³/mol. The van der Waals surface area contributed by atoms with Crippen molar-refractivity contribution < 1.29 is 22.7 Å². The highest BCUT2D eigenvalue weighted by molar-refractivity contribution is 5.98. The number of carbonyl (C=O) groups excluding carboxylic acids is 1. The summed E-state index contributed by atoms with van der Waals surface area (Å²) in [5.41, 5.74) is 0.188. The number of methoxy groups -OCH3 is 1. The Morgan fingerprint density at radius 2 is 1.61 bits per heavy atom. The number of unbranched alkanes of at least 4 members (excludes halogenated alkanes) is 7. The van der Waals surface area contributed by atoms with Crippen LogP contribution in [0, 0.1) is 0 Å². The Labute approximate surface area is 166 Å². The number of carbonyl (C=O) groups is 1. The van der Waals surface area contributed by atoms with Crippen LogP contribution in [0.3, 0.4) is 0 Å². The zero-order valence-electron chi connectivity index (χ0n) is 16.9. The first-order valence-electron chi connectivity index (χ1n) is 10.0. The van der Waals surface area contributed by atoms with Gasteiger partial charge in [0.1, 0.15) is 5.75 Å². The van der Waals surface area contributed by atoms with Gasteiger partial charge >= 0.3 is 12.1 Å². The summed E-state index contributed by atoms with van der Waals surface area (Å²) >= 11 is 0. The van der Waals surface area contributed by atoms with Gasteiger partial charge in [0.2, 0.25) is 0 Å². The van der Waals surface area contributed by atoms with Gasteiger partial charge in [0.25, 0.3) is 0 Å². The zero-order chi connectivity index (χ0) is 21.0. The molecule has 0 aliphatic rings. The first-order chi connectivity index (χ1) is 13.3. The molecule has 0 spiro atoms. The van der Waals surface area contributed by atoms with Crippen LogP contribution in [0.1, 0.15) is 64.7 Å². The van der Waals surface area contributed by atoms with Gasteiger partial charge in [-0.2, -0.15) is 13.2 Å². The van der Waals surface area contributed by atoms with Crippen molar-refractivity contribution in [3.8, 4) is 5.75 Å². The molecule has 1 rings (SSSR count). The van der Waals surface area contributed by atoms with E-state index < -0.39 is 18.1 Å². The summed E-state index contributed by atoms with van der Waals surface area (Å²) in [5.74, 6) is -1.36. The van der Waals surface area contributed by atoms with Crippen molar-refractivity contribution >= 4 is 11.6 Å². The Hall–Kier alpha value is -1.98. The predicted octanol–water partition coefficient (Wildman–Crippen LogP) is 6.68. The molecule has 3 nitrogen and oxygen atoms in total. The summed E-state index contributed by atoms with van der Waals surface area (Å²) in [4.78, 5) is 12.9. The van der Waals surface area contributed by atoms with Crippen LogP contribution in [0.2, 0.25) is 0 Å². The fraction of sp³-hybridized carbons (Fsp3) is 0.591. The molecule has 0 bridgehead atoms. The number of hydrogen-bond acceptors (Lipinski definition) is 2. The monoisotopic (exact) mass is 399 g/mol. The lowest BCUT2D eigenvalue weighted by molar-refractivity contribution is -0.170. The third-order valence-electron chi connectivity index (χ3n) is 4.77. The van der Waals surface area contributed by atoms with Gasteiger partial charge in [-0.3, -0.25) is 9.69 Å². The molecule has 0 N–H and O–H groups in total. The van der Waals surface area contributed by atoms with Crippen LogP contribution in [0.5, 0.6) is 5.75 Å². The third kappa shape index (κ3) is 7.95. The lowest BCUT2D eigenvalue weighted by Gasteiger charge is -2.30. The molecule has 0 saturated carbocycles. The van der Waals surface area contributed by atoms with Crippen molar-refractivity contribution in [2.45, 2.75) is 76.9 Å². The van der Waals surface area contributed by atoms with Crippen LogP contribution in [-0.4, -0.2) is 25.2 Å². The van der Waals surface area contributed by atoms with E-state index in [9.17, 15) is 18.0 Å². The summed E-state index contributed by atoms with van der Waals surface area (Å²) in [6, 6.07) is 5.31. The molecule has 0 unspecified atom stereocenters. The van der Waals surface area contributed by atoms with Crippen LogP contribution in [0.15, 0.2) is 36.9 Å². The van der Waals surface area contributed by atoms with Crippen molar-refractivity contribution in [1.29, 1.82) is 0 Å². The molecule has 0 aliphatic heterocycles. The molecule has 0 aromatic heterocycles. The molecule has 6 heteroatoms. The van der Waals surface area contributed by atoms with E-state index in [4.69, 9.17) is 4.74 Å². The van der Waals surface area contributed by atoms with Crippen LogP contribution < -0.4 is 9.64 Å². The number of rotatable bonds is 13. The Balaban J connectivity index is 2.74. The van der Waals surface area contributed by atoms with E-state index in [1.807, 2.05) is 0 Å². The second-order valence-electron chi connectivity index (χ2n) is 6.94. The van der Waals surface area contributed by atoms with Crippen molar-refractivity contribution in [2.24, 2.45) is 0 Å². The minimum absolute atomic E-state index is 0.188. The van der Waals surface area contributed by atoms with Crippen LogP contribution in [0.25, 0.3) is 0 Å². The highest BCUT2D eigenvalue weighted by Gasteiger charge is 2.44. The molecular weight excluding hydrogens is 367 g/mol. The van der Waals surface area contributed by atoms with Gasteiger partial charge in [-0.15, -0.1) is 6.58 Å². The molecule has 0 heterocycles. The molecule has 28 heavy (non-hydrogen) atoms. The molecule has 0 aliphatic carbocycles. The number of ether oxygens (including phenoxy) is 1. The van der Waals surface area contributed by atoms with Gasteiger partial charge in [-0.1, -0.05) is 64.4 Å². The smallest absolute Gasteiger partial charge is 0.471 e. The van der Waals surface area contributed by atoms with E-state index in [0.29, 0.717) is 12.2 Å². The molecule has 1 aromatic carbocycles. The quantitative estimate of drug-likeness (QED) is 0.274. The molecule has 1 aromatic rings. The van der Waals surface area contributed by atoms with Gasteiger partial charge in [0.15, 0.2) is 0 Å². The van der Waals surface area contributed by atoms with Crippen molar-refractivity contribution in [3.63, 3.8) is 0 Å². The lowest BCUT2D eigenvalue weighted by Crippen LogP contribution is -2.46. The average Bonchev–Trinajstić information content (AvgIpc) is 2.68. The maximum absolute atomic E-state index is 13.2. The first kappa shape index (κ1) is 24.1. The van der Waals surface area contributed by atoms with E-state index in [1.54, 1.807) is 12.1 Å². The number of amides is 1. The highest BCUT2D eigenvalue weighted by Crippen LogP contribution is 2.29. The maximum Gasteiger partial charge on any atom is 0.471 e. The van der Waals surface area contributed by atoms with Gasteiger partial charge in [-0.25, -0.2) is 0 Å². The first-order valence-corrected chi connectivity index (χ1v) is 10.0. The summed E-state index contributed by atoms with van der Waals surface area (Å²) < 4.78 is 44.5. The van der Waals surface area contributed by atoms with Crippen molar-refractivity contribution in [1.82, 2.24) is 0 Å². The maximum atomic E-state index is 13.2. The Kier molecular flexibility index (Phi) is 10.7. The molecule has 0 fully saturated rings. The normalized spacial score (nSPS) is 12.5. The van der Waals surface area contributed by atoms with Crippen molar-refractivity contribution in [3.05, 3.63) is 36.9 Å². The number of nitrogens with zero attached hydrogens (tertiary/aromatic N) is 1. The van der Waals surface area contributed by atoms with Gasteiger partial charge in [-0.05, 0) is 30.7 Å². The van der Waals surface area contributed by atoms with Gasteiger partial charge < -0.3 is 4.74 Å². The Bertz CT molecular complexity index is 584. The Morgan fingerprint density at radius 1 is 1.07 bits per heavy atom. The van der Waals surface area contributed by atoms with Crippen LogP contribution in [-0.2, 0) is 4.79 Å². The van der Waals surface area contributed by atoms with E-state index >= 15 is 0 Å². The molecule has 0 saturated heterocycles. The van der Waals surface area contributed by atoms with E-state index in [2.05, 4.69) is 13.5 Å². The van der Waals surface area contributed by atoms with E-state index in [1.165, 1.54) is 51.0 Å². The molecule has 158 valence electrons. The third-order valence-corrected chi connectivity index (χ3v) is 4.77. The fourth-order valence-corrected chi connectivity index (χ4v) is 3.18. The average molecular weight is 399 g/mol. The minimum Gasteiger partial charge on any atom is -0.497 e. The second kappa shape index (κ2) is 12.5. The SMILES string of the molecule is C=C[C@H](CCCCCCCCCC)N(C(=O)C(F)(F)F)c1ccc(OC)cc1. The number of hydrogen-bond donors (Lipinski definition) is 0. The van der Waals surface area contributed by atoms with Crippen LogP contribution >= 0.6 is 0 Å². The largest absolute Gasteiger partial charge is 0.497 e.